The molecular weight excluding hydrogens is 362 g/mol. The predicted octanol–water partition coefficient (Wildman–Crippen LogP) is 4.73. The van der Waals surface area contributed by atoms with Gasteiger partial charge in [0, 0.05) is 13.2 Å². The van der Waals surface area contributed by atoms with Gasteiger partial charge in [0.2, 0.25) is 10.0 Å². The molecule has 0 aliphatic rings. The van der Waals surface area contributed by atoms with Crippen molar-refractivity contribution in [2.75, 3.05) is 19.8 Å². The van der Waals surface area contributed by atoms with Gasteiger partial charge in [-0.25, -0.2) is 13.1 Å². The van der Waals surface area contributed by atoms with Crippen molar-refractivity contribution in [3.63, 3.8) is 0 Å². The molecule has 0 radical (unpaired) electrons. The Labute approximate surface area is 165 Å². The van der Waals surface area contributed by atoms with Gasteiger partial charge in [-0.05, 0) is 48.3 Å². The Hall–Kier alpha value is -0.950. The van der Waals surface area contributed by atoms with Crippen molar-refractivity contribution in [2.24, 2.45) is 0 Å². The number of hydrogen-bond donors (Lipinski definition) is 1. The molecule has 1 N–H and O–H groups in total. The van der Waals surface area contributed by atoms with Gasteiger partial charge in [-0.1, -0.05) is 53.7 Å². The van der Waals surface area contributed by atoms with Crippen LogP contribution in [0.4, 0.5) is 0 Å². The maximum absolute atomic E-state index is 13.3. The van der Waals surface area contributed by atoms with Gasteiger partial charge in [0.15, 0.2) is 6.29 Å². The highest BCUT2D eigenvalue weighted by Crippen LogP contribution is 2.35. The quantitative estimate of drug-likeness (QED) is 0.546. The second-order valence-electron chi connectivity index (χ2n) is 7.68. The SMILES string of the molecule is CCOC(CNS(=O)(=O)c1c(C(C)C)cc(C(C)C)cc1C(C)C)OCC. The van der Waals surface area contributed by atoms with Gasteiger partial charge in [0.1, 0.15) is 0 Å². The van der Waals surface area contributed by atoms with Crippen molar-refractivity contribution in [3.8, 4) is 0 Å². The second kappa shape index (κ2) is 10.6. The molecular formula is C21H37NO4S. The Balaban J connectivity index is 3.39. The second-order valence-corrected chi connectivity index (χ2v) is 9.39. The van der Waals surface area contributed by atoms with E-state index in [1.807, 2.05) is 53.7 Å². The number of ether oxygens (including phenoxy) is 2. The third-order valence-electron chi connectivity index (χ3n) is 4.49. The Morgan fingerprint density at radius 3 is 1.63 bits per heavy atom. The van der Waals surface area contributed by atoms with Gasteiger partial charge in [-0.15, -0.1) is 0 Å². The zero-order valence-electron chi connectivity index (χ0n) is 18.1. The zero-order valence-corrected chi connectivity index (χ0v) is 18.9. The molecule has 1 aromatic rings. The first-order valence-electron chi connectivity index (χ1n) is 9.95. The van der Waals surface area contributed by atoms with E-state index in [0.29, 0.717) is 24.0 Å². The minimum absolute atomic E-state index is 0.0883. The number of sulfonamides is 1. The van der Waals surface area contributed by atoms with Crippen molar-refractivity contribution in [1.82, 2.24) is 4.72 Å². The monoisotopic (exact) mass is 399 g/mol. The summed E-state index contributed by atoms with van der Waals surface area (Å²) in [7, 11) is -3.70. The van der Waals surface area contributed by atoms with Crippen LogP contribution in [0.2, 0.25) is 0 Å². The summed E-state index contributed by atoms with van der Waals surface area (Å²) in [6.07, 6.45) is -0.588. The van der Waals surface area contributed by atoms with Crippen molar-refractivity contribution in [1.29, 1.82) is 0 Å². The van der Waals surface area contributed by atoms with Gasteiger partial charge in [0.05, 0.1) is 11.4 Å². The minimum Gasteiger partial charge on any atom is -0.352 e. The van der Waals surface area contributed by atoms with Crippen LogP contribution in [0.25, 0.3) is 0 Å². The molecule has 0 aliphatic heterocycles. The van der Waals surface area contributed by atoms with Crippen LogP contribution >= 0.6 is 0 Å². The average Bonchev–Trinajstić information content (AvgIpc) is 2.58. The normalized spacial score (nSPS) is 12.7. The highest BCUT2D eigenvalue weighted by Gasteiger charge is 2.27. The first kappa shape index (κ1) is 24.1. The first-order chi connectivity index (χ1) is 12.5. The third kappa shape index (κ3) is 6.56. The van der Waals surface area contributed by atoms with Crippen LogP contribution in [0.15, 0.2) is 17.0 Å². The first-order valence-corrected chi connectivity index (χ1v) is 11.4. The van der Waals surface area contributed by atoms with Crippen LogP contribution in [-0.2, 0) is 19.5 Å². The van der Waals surface area contributed by atoms with Gasteiger partial charge in [0.25, 0.3) is 0 Å². The summed E-state index contributed by atoms with van der Waals surface area (Å²) in [5, 5.41) is 0. The van der Waals surface area contributed by atoms with Crippen molar-refractivity contribution in [2.45, 2.75) is 84.3 Å². The lowest BCUT2D eigenvalue weighted by molar-refractivity contribution is -0.130. The number of rotatable bonds is 11. The van der Waals surface area contributed by atoms with Crippen molar-refractivity contribution >= 4 is 10.0 Å². The van der Waals surface area contributed by atoms with Crippen molar-refractivity contribution in [3.05, 3.63) is 28.8 Å². The molecule has 27 heavy (non-hydrogen) atoms. The highest BCUT2D eigenvalue weighted by atomic mass is 32.2. The van der Waals surface area contributed by atoms with Crippen LogP contribution in [-0.4, -0.2) is 34.5 Å². The van der Waals surface area contributed by atoms with Crippen LogP contribution in [0.3, 0.4) is 0 Å². The summed E-state index contributed by atoms with van der Waals surface area (Å²) < 4.78 is 40.2. The molecule has 0 unspecified atom stereocenters. The van der Waals surface area contributed by atoms with E-state index in [1.54, 1.807) is 0 Å². The molecule has 0 saturated heterocycles. The lowest BCUT2D eigenvalue weighted by Gasteiger charge is -2.24. The topological polar surface area (TPSA) is 64.6 Å². The molecule has 0 bridgehead atoms. The molecule has 6 heteroatoms. The van der Waals surface area contributed by atoms with Gasteiger partial charge in [-0.3, -0.25) is 0 Å². The van der Waals surface area contributed by atoms with Crippen LogP contribution in [0.5, 0.6) is 0 Å². The fourth-order valence-corrected chi connectivity index (χ4v) is 4.70. The van der Waals surface area contributed by atoms with E-state index in [-0.39, 0.29) is 18.4 Å². The molecule has 0 amide bonds. The van der Waals surface area contributed by atoms with Crippen molar-refractivity contribution < 1.29 is 17.9 Å². The largest absolute Gasteiger partial charge is 0.352 e. The van der Waals surface area contributed by atoms with Gasteiger partial charge >= 0.3 is 0 Å². The third-order valence-corrected chi connectivity index (χ3v) is 6.05. The summed E-state index contributed by atoms with van der Waals surface area (Å²) in [5.74, 6) is 0.537. The molecule has 0 saturated carbocycles. The Morgan fingerprint density at radius 2 is 1.30 bits per heavy atom. The molecule has 5 nitrogen and oxygen atoms in total. The van der Waals surface area contributed by atoms with E-state index < -0.39 is 16.3 Å². The van der Waals surface area contributed by atoms with E-state index in [4.69, 9.17) is 9.47 Å². The predicted molar refractivity (Wildman–Crippen MR) is 111 cm³/mol. The van der Waals surface area contributed by atoms with Crippen LogP contribution < -0.4 is 4.72 Å². The van der Waals surface area contributed by atoms with E-state index in [1.165, 1.54) is 5.56 Å². The maximum Gasteiger partial charge on any atom is 0.241 e. The molecule has 0 spiro atoms. The van der Waals surface area contributed by atoms with Crippen LogP contribution in [0.1, 0.15) is 89.8 Å². The number of benzene rings is 1. The van der Waals surface area contributed by atoms with E-state index in [0.717, 1.165) is 11.1 Å². The smallest absolute Gasteiger partial charge is 0.241 e. The minimum atomic E-state index is -3.70. The summed E-state index contributed by atoms with van der Waals surface area (Å²) in [6.45, 7) is 17.1. The lowest BCUT2D eigenvalue weighted by Crippen LogP contribution is -2.36. The highest BCUT2D eigenvalue weighted by molar-refractivity contribution is 7.89. The lowest BCUT2D eigenvalue weighted by atomic mass is 9.89. The Bertz CT molecular complexity index is 661. The maximum atomic E-state index is 13.3. The fraction of sp³-hybridized carbons (Fsp3) is 0.714. The molecule has 0 aromatic heterocycles. The van der Waals surface area contributed by atoms with E-state index >= 15 is 0 Å². The van der Waals surface area contributed by atoms with Crippen LogP contribution in [0, 0.1) is 0 Å². The zero-order chi connectivity index (χ0) is 20.8. The van der Waals surface area contributed by atoms with E-state index in [2.05, 4.69) is 18.6 Å². The summed E-state index contributed by atoms with van der Waals surface area (Å²) in [5.41, 5.74) is 2.89. The number of hydrogen-bond acceptors (Lipinski definition) is 4. The number of nitrogens with one attached hydrogen (secondary N) is 1. The van der Waals surface area contributed by atoms with Gasteiger partial charge in [-0.2, -0.15) is 0 Å². The molecule has 1 aromatic carbocycles. The molecule has 0 heterocycles. The van der Waals surface area contributed by atoms with Gasteiger partial charge < -0.3 is 9.47 Å². The Morgan fingerprint density at radius 1 is 0.852 bits per heavy atom. The molecule has 156 valence electrons. The Kier molecular flexibility index (Phi) is 9.42. The molecule has 0 atom stereocenters. The van der Waals surface area contributed by atoms with E-state index in [9.17, 15) is 8.42 Å². The summed E-state index contributed by atoms with van der Waals surface area (Å²) in [4.78, 5) is 0.406. The molecule has 1 rings (SSSR count). The standard InChI is InChI=1S/C21H37NO4S/c1-9-25-20(26-10-2)13-22-27(23,24)21-18(15(5)6)11-17(14(3)4)12-19(21)16(7)8/h11-12,14-16,20,22H,9-10,13H2,1-8H3. The molecule has 0 aliphatic carbocycles. The average molecular weight is 400 g/mol. The molecule has 0 fully saturated rings. The summed E-state index contributed by atoms with van der Waals surface area (Å²) >= 11 is 0. The summed E-state index contributed by atoms with van der Waals surface area (Å²) in [6, 6.07) is 4.08. The fourth-order valence-electron chi connectivity index (χ4n) is 2.99.